The summed E-state index contributed by atoms with van der Waals surface area (Å²) in [7, 11) is 0. The van der Waals surface area contributed by atoms with Gasteiger partial charge in [-0.3, -0.25) is 4.79 Å². The number of benzene rings is 1. The molecule has 16 heavy (non-hydrogen) atoms. The molecule has 0 atom stereocenters. The zero-order valence-electron chi connectivity index (χ0n) is 8.98. The van der Waals surface area contributed by atoms with Crippen molar-refractivity contribution in [3.63, 3.8) is 0 Å². The molecule has 1 aromatic carbocycles. The van der Waals surface area contributed by atoms with Crippen molar-refractivity contribution in [2.45, 2.75) is 13.8 Å². The molecular formula is C10H11N5O. The van der Waals surface area contributed by atoms with Crippen LogP contribution in [-0.2, 0) is 0 Å². The lowest BCUT2D eigenvalue weighted by atomic mass is 10.1. The first-order valence-electron chi connectivity index (χ1n) is 4.79. The smallest absolute Gasteiger partial charge is 0.297 e. The highest BCUT2D eigenvalue weighted by molar-refractivity contribution is 6.01. The highest BCUT2D eigenvalue weighted by Crippen LogP contribution is 2.16. The van der Waals surface area contributed by atoms with E-state index < -0.39 is 0 Å². The van der Waals surface area contributed by atoms with Crippen LogP contribution in [0.15, 0.2) is 18.2 Å². The fraction of sp³-hybridized carbons (Fsp3) is 0.200. The Morgan fingerprint density at radius 3 is 2.81 bits per heavy atom. The summed E-state index contributed by atoms with van der Waals surface area (Å²) in [5.41, 5.74) is 2.90. The molecular weight excluding hydrogens is 206 g/mol. The van der Waals surface area contributed by atoms with Gasteiger partial charge in [-0.15, -0.1) is 10.2 Å². The monoisotopic (exact) mass is 217 g/mol. The molecule has 0 saturated heterocycles. The number of nitrogens with one attached hydrogen (secondary N) is 2. The maximum Gasteiger partial charge on any atom is 0.297 e. The number of nitrogens with zero attached hydrogens (tertiary/aromatic N) is 3. The summed E-state index contributed by atoms with van der Waals surface area (Å²) in [6, 6.07) is 5.77. The molecule has 6 heteroatoms. The first-order valence-corrected chi connectivity index (χ1v) is 4.79. The van der Waals surface area contributed by atoms with Gasteiger partial charge in [0.1, 0.15) is 0 Å². The first-order chi connectivity index (χ1) is 7.66. The number of hydrogen-bond donors (Lipinski definition) is 2. The van der Waals surface area contributed by atoms with E-state index in [1.54, 1.807) is 0 Å². The van der Waals surface area contributed by atoms with Gasteiger partial charge in [0, 0.05) is 5.69 Å². The van der Waals surface area contributed by atoms with E-state index >= 15 is 0 Å². The number of tetrazole rings is 1. The molecule has 0 aliphatic rings. The Hall–Kier alpha value is -2.24. The minimum Gasteiger partial charge on any atom is -0.319 e. The van der Waals surface area contributed by atoms with Gasteiger partial charge in [0.05, 0.1) is 0 Å². The Labute approximate surface area is 92.1 Å². The standard InChI is InChI=1S/C10H11N5O/c1-6-3-4-8(7(2)5-6)11-10(16)9-12-14-15-13-9/h3-5H,1-2H3,(H,11,16)(H,12,13,14,15). The van der Waals surface area contributed by atoms with Crippen LogP contribution in [0.1, 0.15) is 21.7 Å². The molecule has 1 heterocycles. The third-order valence-corrected chi connectivity index (χ3v) is 2.18. The lowest BCUT2D eigenvalue weighted by molar-refractivity contribution is 0.101. The van der Waals surface area contributed by atoms with Crippen LogP contribution >= 0.6 is 0 Å². The third-order valence-electron chi connectivity index (χ3n) is 2.18. The predicted molar refractivity (Wildman–Crippen MR) is 58.0 cm³/mol. The Balaban J connectivity index is 2.18. The molecule has 1 amide bonds. The zero-order chi connectivity index (χ0) is 11.5. The summed E-state index contributed by atoms with van der Waals surface area (Å²) >= 11 is 0. The van der Waals surface area contributed by atoms with Crippen molar-refractivity contribution >= 4 is 11.6 Å². The Kier molecular flexibility index (Phi) is 2.63. The summed E-state index contributed by atoms with van der Waals surface area (Å²) in [4.78, 5) is 11.6. The van der Waals surface area contributed by atoms with Gasteiger partial charge < -0.3 is 5.32 Å². The van der Waals surface area contributed by atoms with Gasteiger partial charge in [-0.2, -0.15) is 5.21 Å². The van der Waals surface area contributed by atoms with Crippen molar-refractivity contribution in [2.75, 3.05) is 5.32 Å². The summed E-state index contributed by atoms with van der Waals surface area (Å²) in [6.07, 6.45) is 0. The van der Waals surface area contributed by atoms with Crippen molar-refractivity contribution in [1.82, 2.24) is 20.6 Å². The number of carbonyl (C=O) groups excluding carboxylic acids is 1. The van der Waals surface area contributed by atoms with E-state index in [1.165, 1.54) is 0 Å². The molecule has 0 aliphatic carbocycles. The van der Waals surface area contributed by atoms with Crippen molar-refractivity contribution in [3.05, 3.63) is 35.2 Å². The minimum atomic E-state index is -0.374. The molecule has 0 saturated carbocycles. The van der Waals surface area contributed by atoms with E-state index in [4.69, 9.17) is 0 Å². The highest BCUT2D eigenvalue weighted by atomic mass is 16.2. The molecule has 82 valence electrons. The largest absolute Gasteiger partial charge is 0.319 e. The quantitative estimate of drug-likeness (QED) is 0.788. The molecule has 2 aromatic rings. The second-order valence-corrected chi connectivity index (χ2v) is 3.51. The predicted octanol–water partition coefficient (Wildman–Crippen LogP) is 1.07. The number of anilines is 1. The van der Waals surface area contributed by atoms with Gasteiger partial charge in [-0.25, -0.2) is 0 Å². The molecule has 0 spiro atoms. The van der Waals surface area contributed by atoms with Crippen LogP contribution in [0.3, 0.4) is 0 Å². The second kappa shape index (κ2) is 4.09. The minimum absolute atomic E-state index is 0.0278. The number of aromatic nitrogens is 4. The molecule has 6 nitrogen and oxygen atoms in total. The normalized spacial score (nSPS) is 10.1. The molecule has 0 aliphatic heterocycles. The number of hydrogen-bond acceptors (Lipinski definition) is 4. The molecule has 2 N–H and O–H groups in total. The molecule has 0 fully saturated rings. The lowest BCUT2D eigenvalue weighted by Crippen LogP contribution is -2.14. The molecule has 0 bridgehead atoms. The average molecular weight is 217 g/mol. The summed E-state index contributed by atoms with van der Waals surface area (Å²) in [5.74, 6) is -0.347. The van der Waals surface area contributed by atoms with E-state index in [0.717, 1.165) is 16.8 Å². The molecule has 1 aromatic heterocycles. The number of rotatable bonds is 2. The number of aromatic amines is 1. The van der Waals surface area contributed by atoms with Crippen molar-refractivity contribution in [3.8, 4) is 0 Å². The van der Waals surface area contributed by atoms with E-state index in [9.17, 15) is 4.79 Å². The van der Waals surface area contributed by atoms with Crippen LogP contribution in [0.25, 0.3) is 0 Å². The summed E-state index contributed by atoms with van der Waals surface area (Å²) in [5, 5.41) is 15.5. The fourth-order valence-corrected chi connectivity index (χ4v) is 1.39. The maximum atomic E-state index is 11.6. The van der Waals surface area contributed by atoms with Gasteiger partial charge in [0.15, 0.2) is 0 Å². The van der Waals surface area contributed by atoms with E-state index in [-0.39, 0.29) is 11.7 Å². The third kappa shape index (κ3) is 2.05. The first kappa shape index (κ1) is 10.3. The fourth-order valence-electron chi connectivity index (χ4n) is 1.39. The van der Waals surface area contributed by atoms with Crippen LogP contribution in [0.4, 0.5) is 5.69 Å². The van der Waals surface area contributed by atoms with E-state index in [0.29, 0.717) is 0 Å². The number of aryl methyl sites for hydroxylation is 2. The highest BCUT2D eigenvalue weighted by Gasteiger charge is 2.11. The van der Waals surface area contributed by atoms with Gasteiger partial charge in [-0.1, -0.05) is 17.7 Å². The number of amides is 1. The topological polar surface area (TPSA) is 83.6 Å². The number of carbonyl (C=O) groups is 1. The number of H-pyrrole nitrogens is 1. The van der Waals surface area contributed by atoms with Crippen LogP contribution < -0.4 is 5.32 Å². The van der Waals surface area contributed by atoms with Gasteiger partial charge >= 0.3 is 0 Å². The second-order valence-electron chi connectivity index (χ2n) is 3.51. The lowest BCUT2D eigenvalue weighted by Gasteiger charge is -2.06. The van der Waals surface area contributed by atoms with Crippen molar-refractivity contribution in [2.24, 2.45) is 0 Å². The molecule has 0 radical (unpaired) electrons. The van der Waals surface area contributed by atoms with Crippen molar-refractivity contribution < 1.29 is 4.79 Å². The summed E-state index contributed by atoms with van der Waals surface area (Å²) in [6.45, 7) is 3.93. The maximum absolute atomic E-state index is 11.6. The Bertz CT molecular complexity index is 506. The van der Waals surface area contributed by atoms with Gasteiger partial charge in [-0.05, 0) is 30.7 Å². The van der Waals surface area contributed by atoms with Crippen molar-refractivity contribution in [1.29, 1.82) is 0 Å². The van der Waals surface area contributed by atoms with Gasteiger partial charge in [0.2, 0.25) is 0 Å². The van der Waals surface area contributed by atoms with Crippen LogP contribution in [0, 0.1) is 13.8 Å². The Morgan fingerprint density at radius 1 is 1.38 bits per heavy atom. The SMILES string of the molecule is Cc1ccc(NC(=O)c2nn[nH]n2)c(C)c1. The van der Waals surface area contributed by atoms with Crippen LogP contribution in [-0.4, -0.2) is 26.5 Å². The van der Waals surface area contributed by atoms with Gasteiger partial charge in [0.25, 0.3) is 11.7 Å². The van der Waals surface area contributed by atoms with E-state index in [1.807, 2.05) is 32.0 Å². The molecule has 2 rings (SSSR count). The zero-order valence-corrected chi connectivity index (χ0v) is 8.98. The Morgan fingerprint density at radius 2 is 2.19 bits per heavy atom. The average Bonchev–Trinajstić information content (AvgIpc) is 2.75. The van der Waals surface area contributed by atoms with E-state index in [2.05, 4.69) is 25.9 Å². The molecule has 0 unspecified atom stereocenters. The van der Waals surface area contributed by atoms with Crippen LogP contribution in [0.5, 0.6) is 0 Å². The summed E-state index contributed by atoms with van der Waals surface area (Å²) < 4.78 is 0. The van der Waals surface area contributed by atoms with Crippen LogP contribution in [0.2, 0.25) is 0 Å².